The average Bonchev–Trinajstić information content (AvgIpc) is 2.97. The number of carbonyl (C=O) groups is 2. The van der Waals surface area contributed by atoms with Crippen molar-refractivity contribution in [3.8, 4) is 0 Å². The van der Waals surface area contributed by atoms with Gasteiger partial charge < -0.3 is 19.6 Å². The molecule has 2 N–H and O–H groups in total. The van der Waals surface area contributed by atoms with Gasteiger partial charge in [0, 0.05) is 25.7 Å². The molecular formula is C19H23N3O4. The first-order valence-electron chi connectivity index (χ1n) is 8.78. The number of furan rings is 1. The highest BCUT2D eigenvalue weighted by Crippen LogP contribution is 2.18. The summed E-state index contributed by atoms with van der Waals surface area (Å²) in [5, 5.41) is 2.94. The number of piperidine rings is 1. The Kier molecular flexibility index (Phi) is 5.25. The summed E-state index contributed by atoms with van der Waals surface area (Å²) in [4.78, 5) is 40.6. The van der Waals surface area contributed by atoms with E-state index in [9.17, 15) is 14.4 Å². The van der Waals surface area contributed by atoms with Crippen molar-refractivity contribution in [2.24, 2.45) is 5.92 Å². The topological polar surface area (TPSA) is 95.4 Å². The number of aromatic nitrogens is 1. The molecule has 0 aliphatic carbocycles. The van der Waals surface area contributed by atoms with E-state index in [0.717, 1.165) is 12.8 Å². The molecule has 2 aromatic rings. The zero-order valence-electron chi connectivity index (χ0n) is 15.0. The number of H-pyrrole nitrogens is 1. The second kappa shape index (κ2) is 7.59. The third-order valence-corrected chi connectivity index (χ3v) is 4.64. The van der Waals surface area contributed by atoms with Gasteiger partial charge in [-0.2, -0.15) is 0 Å². The van der Waals surface area contributed by atoms with Crippen LogP contribution in [0.15, 0.2) is 33.5 Å². The summed E-state index contributed by atoms with van der Waals surface area (Å²) in [6, 6.07) is 6.29. The molecule has 0 spiro atoms. The lowest BCUT2D eigenvalue weighted by Crippen LogP contribution is -2.44. The molecular weight excluding hydrogens is 334 g/mol. The molecule has 1 aliphatic rings. The van der Waals surface area contributed by atoms with E-state index in [4.69, 9.17) is 4.42 Å². The minimum atomic E-state index is -0.289. The maximum absolute atomic E-state index is 12.6. The van der Waals surface area contributed by atoms with E-state index in [2.05, 4.69) is 10.3 Å². The van der Waals surface area contributed by atoms with Crippen LogP contribution in [0.1, 0.15) is 45.2 Å². The van der Waals surface area contributed by atoms with Crippen molar-refractivity contribution in [1.29, 1.82) is 0 Å². The summed E-state index contributed by atoms with van der Waals surface area (Å²) in [6.07, 6.45) is 1.81. The molecule has 0 bridgehead atoms. The minimum Gasteiger partial charge on any atom is -0.466 e. The highest BCUT2D eigenvalue weighted by Gasteiger charge is 2.25. The fourth-order valence-electron chi connectivity index (χ4n) is 3.35. The molecule has 2 amide bonds. The van der Waals surface area contributed by atoms with E-state index >= 15 is 0 Å². The minimum absolute atomic E-state index is 0.157. The van der Waals surface area contributed by atoms with Crippen molar-refractivity contribution in [1.82, 2.24) is 15.2 Å². The molecule has 1 atom stereocenters. The summed E-state index contributed by atoms with van der Waals surface area (Å²) in [5.41, 5.74) is 0.558. The zero-order chi connectivity index (χ0) is 18.7. The van der Waals surface area contributed by atoms with Gasteiger partial charge in [0.15, 0.2) is 0 Å². The summed E-state index contributed by atoms with van der Waals surface area (Å²) < 4.78 is 5.39. The molecule has 138 valence electrons. The van der Waals surface area contributed by atoms with Crippen molar-refractivity contribution in [3.05, 3.63) is 57.4 Å². The zero-order valence-corrected chi connectivity index (χ0v) is 15.0. The Morgan fingerprint density at radius 2 is 2.15 bits per heavy atom. The molecule has 7 nitrogen and oxygen atoms in total. The van der Waals surface area contributed by atoms with Gasteiger partial charge in [0.1, 0.15) is 17.2 Å². The molecule has 7 heteroatoms. The maximum Gasteiger partial charge on any atom is 0.270 e. The van der Waals surface area contributed by atoms with Gasteiger partial charge in [-0.3, -0.25) is 14.4 Å². The van der Waals surface area contributed by atoms with Gasteiger partial charge in [-0.1, -0.05) is 6.07 Å². The highest BCUT2D eigenvalue weighted by molar-refractivity contribution is 5.95. The normalized spacial score (nSPS) is 17.2. The van der Waals surface area contributed by atoms with Crippen molar-refractivity contribution in [3.63, 3.8) is 0 Å². The van der Waals surface area contributed by atoms with Crippen LogP contribution in [0.2, 0.25) is 0 Å². The van der Waals surface area contributed by atoms with Crippen LogP contribution < -0.4 is 10.9 Å². The SMILES string of the molecule is Cc1cc(C(=O)NC[C@H]2CCCN(C(=O)c3cccc(=O)[nH]3)C2)c(C)o1. The van der Waals surface area contributed by atoms with Gasteiger partial charge in [-0.05, 0) is 44.7 Å². The van der Waals surface area contributed by atoms with Crippen LogP contribution in [0, 0.1) is 19.8 Å². The van der Waals surface area contributed by atoms with E-state index in [-0.39, 0.29) is 23.3 Å². The van der Waals surface area contributed by atoms with Crippen molar-refractivity contribution in [2.45, 2.75) is 26.7 Å². The predicted molar refractivity (Wildman–Crippen MR) is 96.2 cm³/mol. The van der Waals surface area contributed by atoms with E-state index in [1.54, 1.807) is 30.0 Å². The Morgan fingerprint density at radius 1 is 1.35 bits per heavy atom. The third-order valence-electron chi connectivity index (χ3n) is 4.64. The predicted octanol–water partition coefficient (Wildman–Crippen LogP) is 1.87. The Labute approximate surface area is 151 Å². The summed E-state index contributed by atoms with van der Waals surface area (Å²) in [7, 11) is 0. The summed E-state index contributed by atoms with van der Waals surface area (Å²) in [5.74, 6) is 1.16. The fraction of sp³-hybridized carbons (Fsp3) is 0.421. The second-order valence-electron chi connectivity index (χ2n) is 6.73. The molecule has 2 aromatic heterocycles. The van der Waals surface area contributed by atoms with Gasteiger partial charge in [0.2, 0.25) is 5.56 Å². The second-order valence-corrected chi connectivity index (χ2v) is 6.73. The van der Waals surface area contributed by atoms with E-state index in [0.29, 0.717) is 42.4 Å². The lowest BCUT2D eigenvalue weighted by Gasteiger charge is -2.32. The number of rotatable bonds is 4. The summed E-state index contributed by atoms with van der Waals surface area (Å²) >= 11 is 0. The fourth-order valence-corrected chi connectivity index (χ4v) is 3.35. The molecule has 0 aromatic carbocycles. The molecule has 1 saturated heterocycles. The number of aryl methyl sites for hydroxylation is 2. The molecule has 0 unspecified atom stereocenters. The van der Waals surface area contributed by atoms with E-state index < -0.39 is 0 Å². The molecule has 0 saturated carbocycles. The number of aromatic amines is 1. The van der Waals surface area contributed by atoms with Crippen LogP contribution in [0.4, 0.5) is 0 Å². The number of nitrogens with one attached hydrogen (secondary N) is 2. The number of carbonyl (C=O) groups excluding carboxylic acids is 2. The quantitative estimate of drug-likeness (QED) is 0.873. The lowest BCUT2D eigenvalue weighted by atomic mass is 9.97. The Morgan fingerprint density at radius 3 is 2.85 bits per heavy atom. The maximum atomic E-state index is 12.6. The van der Waals surface area contributed by atoms with Gasteiger partial charge in [-0.15, -0.1) is 0 Å². The number of nitrogens with zero attached hydrogens (tertiary/aromatic N) is 1. The third kappa shape index (κ3) is 4.04. The van der Waals surface area contributed by atoms with Crippen LogP contribution >= 0.6 is 0 Å². The van der Waals surface area contributed by atoms with Crippen LogP contribution in [0.3, 0.4) is 0 Å². The van der Waals surface area contributed by atoms with Gasteiger partial charge in [0.05, 0.1) is 5.56 Å². The number of hydrogen-bond donors (Lipinski definition) is 2. The van der Waals surface area contributed by atoms with E-state index in [1.165, 1.54) is 6.07 Å². The van der Waals surface area contributed by atoms with Crippen molar-refractivity contribution in [2.75, 3.05) is 19.6 Å². The van der Waals surface area contributed by atoms with Crippen LogP contribution in [-0.4, -0.2) is 41.3 Å². The Balaban J connectivity index is 1.58. The van der Waals surface area contributed by atoms with Gasteiger partial charge in [-0.25, -0.2) is 0 Å². The highest BCUT2D eigenvalue weighted by atomic mass is 16.3. The number of pyridine rings is 1. The number of amides is 2. The summed E-state index contributed by atoms with van der Waals surface area (Å²) in [6.45, 7) is 5.28. The monoisotopic (exact) mass is 357 g/mol. The molecule has 1 fully saturated rings. The average molecular weight is 357 g/mol. The first-order chi connectivity index (χ1) is 12.4. The van der Waals surface area contributed by atoms with Crippen molar-refractivity contribution < 1.29 is 14.0 Å². The number of hydrogen-bond acceptors (Lipinski definition) is 4. The van der Waals surface area contributed by atoms with E-state index in [1.807, 2.05) is 6.92 Å². The molecule has 3 rings (SSSR count). The van der Waals surface area contributed by atoms with Gasteiger partial charge >= 0.3 is 0 Å². The van der Waals surface area contributed by atoms with Crippen LogP contribution in [-0.2, 0) is 0 Å². The number of likely N-dealkylation sites (tertiary alicyclic amines) is 1. The van der Waals surface area contributed by atoms with Gasteiger partial charge in [0.25, 0.3) is 11.8 Å². The standard InChI is InChI=1S/C19H23N3O4/c1-12-9-15(13(2)26-12)18(24)20-10-14-5-4-8-22(11-14)19(25)16-6-3-7-17(23)21-16/h3,6-7,9,14H,4-5,8,10-11H2,1-2H3,(H,20,24)(H,21,23)/t14-/m1/s1. The van der Waals surface area contributed by atoms with Crippen molar-refractivity contribution >= 4 is 11.8 Å². The molecule has 3 heterocycles. The molecule has 1 aliphatic heterocycles. The molecule has 0 radical (unpaired) electrons. The first kappa shape index (κ1) is 18.0. The van der Waals surface area contributed by atoms with Crippen LogP contribution in [0.25, 0.3) is 0 Å². The smallest absolute Gasteiger partial charge is 0.270 e. The largest absolute Gasteiger partial charge is 0.466 e. The lowest BCUT2D eigenvalue weighted by molar-refractivity contribution is 0.0664. The molecule has 26 heavy (non-hydrogen) atoms. The Hall–Kier alpha value is -2.83. The van der Waals surface area contributed by atoms with Crippen LogP contribution in [0.5, 0.6) is 0 Å². The Bertz CT molecular complexity index is 868. The first-order valence-corrected chi connectivity index (χ1v) is 8.78.